The molecule has 0 radical (unpaired) electrons. The van der Waals surface area contributed by atoms with E-state index in [0.29, 0.717) is 23.0 Å². The van der Waals surface area contributed by atoms with Crippen molar-refractivity contribution in [1.29, 1.82) is 0 Å². The standard InChI is InChI=1S/C17H21N3O2S/c1-3-10-18-17-19-12-15(23-17)16(22)20(2)14(9-11-21)13-7-5-4-6-8-13/h3-8,12,14,21H,1,9-11H2,2H3,(H,18,19). The highest BCUT2D eigenvalue weighted by Crippen LogP contribution is 2.27. The van der Waals surface area contributed by atoms with E-state index >= 15 is 0 Å². The quantitative estimate of drug-likeness (QED) is 0.730. The molecule has 1 unspecified atom stereocenters. The number of aliphatic hydroxyl groups excluding tert-OH is 1. The van der Waals surface area contributed by atoms with Gasteiger partial charge in [0.05, 0.1) is 12.2 Å². The highest BCUT2D eigenvalue weighted by Gasteiger charge is 2.23. The number of anilines is 1. The molecule has 1 heterocycles. The molecule has 0 bridgehead atoms. The second-order valence-electron chi connectivity index (χ2n) is 5.05. The zero-order valence-corrected chi connectivity index (χ0v) is 13.9. The Balaban J connectivity index is 2.15. The number of nitrogens with one attached hydrogen (secondary N) is 1. The molecule has 23 heavy (non-hydrogen) atoms. The van der Waals surface area contributed by atoms with Crippen molar-refractivity contribution in [1.82, 2.24) is 9.88 Å². The fourth-order valence-corrected chi connectivity index (χ4v) is 3.12. The van der Waals surface area contributed by atoms with E-state index < -0.39 is 0 Å². The molecule has 0 saturated heterocycles. The van der Waals surface area contributed by atoms with Crippen molar-refractivity contribution >= 4 is 22.4 Å². The molecule has 2 N–H and O–H groups in total. The summed E-state index contributed by atoms with van der Waals surface area (Å²) in [5.74, 6) is -0.101. The van der Waals surface area contributed by atoms with Crippen LogP contribution < -0.4 is 5.32 Å². The molecule has 0 aliphatic rings. The monoisotopic (exact) mass is 331 g/mol. The number of benzene rings is 1. The van der Waals surface area contributed by atoms with E-state index in [-0.39, 0.29) is 18.6 Å². The summed E-state index contributed by atoms with van der Waals surface area (Å²) in [5, 5.41) is 13.1. The minimum atomic E-state index is -0.166. The van der Waals surface area contributed by atoms with Crippen LogP contribution in [0.3, 0.4) is 0 Å². The van der Waals surface area contributed by atoms with E-state index in [1.165, 1.54) is 11.3 Å². The lowest BCUT2D eigenvalue weighted by Crippen LogP contribution is -2.31. The Morgan fingerprint density at radius 3 is 2.87 bits per heavy atom. The number of rotatable bonds is 8. The number of hydrogen-bond donors (Lipinski definition) is 2. The Hall–Kier alpha value is -2.18. The van der Waals surface area contributed by atoms with Gasteiger partial charge in [0.15, 0.2) is 5.13 Å². The molecule has 0 aliphatic heterocycles. The van der Waals surface area contributed by atoms with E-state index in [0.717, 1.165) is 5.56 Å². The van der Waals surface area contributed by atoms with Crippen molar-refractivity contribution in [2.24, 2.45) is 0 Å². The van der Waals surface area contributed by atoms with Crippen molar-refractivity contribution in [3.8, 4) is 0 Å². The summed E-state index contributed by atoms with van der Waals surface area (Å²) in [4.78, 5) is 19.1. The van der Waals surface area contributed by atoms with Gasteiger partial charge in [-0.15, -0.1) is 6.58 Å². The Kier molecular flexibility index (Phi) is 6.31. The average molecular weight is 331 g/mol. The molecule has 122 valence electrons. The smallest absolute Gasteiger partial charge is 0.265 e. The maximum atomic E-state index is 12.7. The van der Waals surface area contributed by atoms with Crippen molar-refractivity contribution < 1.29 is 9.90 Å². The topological polar surface area (TPSA) is 65.5 Å². The lowest BCUT2D eigenvalue weighted by molar-refractivity contribution is 0.0710. The van der Waals surface area contributed by atoms with Gasteiger partial charge in [-0.1, -0.05) is 47.7 Å². The summed E-state index contributed by atoms with van der Waals surface area (Å²) in [6, 6.07) is 9.56. The van der Waals surface area contributed by atoms with Crippen LogP contribution >= 0.6 is 11.3 Å². The van der Waals surface area contributed by atoms with Crippen LogP contribution in [0.25, 0.3) is 0 Å². The van der Waals surface area contributed by atoms with Gasteiger partial charge in [-0.2, -0.15) is 0 Å². The first-order chi connectivity index (χ1) is 11.2. The molecule has 1 amide bonds. The van der Waals surface area contributed by atoms with Crippen molar-refractivity contribution in [3.05, 3.63) is 59.6 Å². The molecule has 1 aromatic heterocycles. The number of aliphatic hydroxyl groups is 1. The SMILES string of the molecule is C=CCNc1ncc(C(=O)N(C)C(CCO)c2ccccc2)s1. The second kappa shape index (κ2) is 8.45. The van der Waals surface area contributed by atoms with Gasteiger partial charge in [0, 0.05) is 20.2 Å². The molecule has 1 aromatic carbocycles. The van der Waals surface area contributed by atoms with Gasteiger partial charge in [0.25, 0.3) is 5.91 Å². The molecule has 0 spiro atoms. The summed E-state index contributed by atoms with van der Waals surface area (Å²) in [6.07, 6.45) is 3.81. The van der Waals surface area contributed by atoms with E-state index in [2.05, 4.69) is 16.9 Å². The van der Waals surface area contributed by atoms with E-state index in [4.69, 9.17) is 0 Å². The summed E-state index contributed by atoms with van der Waals surface area (Å²) in [7, 11) is 1.76. The zero-order chi connectivity index (χ0) is 16.7. The van der Waals surface area contributed by atoms with Gasteiger partial charge in [-0.05, 0) is 12.0 Å². The van der Waals surface area contributed by atoms with Crippen molar-refractivity contribution in [3.63, 3.8) is 0 Å². The number of hydrogen-bond acceptors (Lipinski definition) is 5. The molecule has 0 aliphatic carbocycles. The summed E-state index contributed by atoms with van der Waals surface area (Å²) < 4.78 is 0. The number of carbonyl (C=O) groups is 1. The molecule has 0 fully saturated rings. The molecule has 0 saturated carbocycles. The average Bonchev–Trinajstić information content (AvgIpc) is 3.06. The van der Waals surface area contributed by atoms with Gasteiger partial charge in [-0.25, -0.2) is 4.98 Å². The van der Waals surface area contributed by atoms with E-state index in [1.807, 2.05) is 30.3 Å². The number of carbonyl (C=O) groups excluding carboxylic acids is 1. The first-order valence-electron chi connectivity index (χ1n) is 7.41. The highest BCUT2D eigenvalue weighted by atomic mass is 32.1. The number of aromatic nitrogens is 1. The predicted molar refractivity (Wildman–Crippen MR) is 93.8 cm³/mol. The van der Waals surface area contributed by atoms with Crippen LogP contribution in [0.1, 0.15) is 27.7 Å². The van der Waals surface area contributed by atoms with Crippen LogP contribution in [-0.4, -0.2) is 41.1 Å². The van der Waals surface area contributed by atoms with Crippen LogP contribution in [0.2, 0.25) is 0 Å². The molecular weight excluding hydrogens is 310 g/mol. The van der Waals surface area contributed by atoms with Crippen LogP contribution in [0.15, 0.2) is 49.2 Å². The molecule has 5 nitrogen and oxygen atoms in total. The fraction of sp³-hybridized carbons (Fsp3) is 0.294. The summed E-state index contributed by atoms with van der Waals surface area (Å²) in [5.41, 5.74) is 1.01. The minimum Gasteiger partial charge on any atom is -0.396 e. The Morgan fingerprint density at radius 1 is 1.48 bits per heavy atom. The summed E-state index contributed by atoms with van der Waals surface area (Å²) in [6.45, 7) is 4.26. The maximum Gasteiger partial charge on any atom is 0.265 e. The van der Waals surface area contributed by atoms with Gasteiger partial charge in [0.2, 0.25) is 0 Å². The molecule has 2 rings (SSSR count). The first kappa shape index (κ1) is 17.2. The molecule has 2 aromatic rings. The minimum absolute atomic E-state index is 0.0199. The molecule has 1 atom stereocenters. The van der Waals surface area contributed by atoms with E-state index in [9.17, 15) is 9.90 Å². The first-order valence-corrected chi connectivity index (χ1v) is 8.22. The van der Waals surface area contributed by atoms with E-state index in [1.54, 1.807) is 24.2 Å². The Labute approximate surface area is 140 Å². The van der Waals surface area contributed by atoms with Crippen LogP contribution in [-0.2, 0) is 0 Å². The highest BCUT2D eigenvalue weighted by molar-refractivity contribution is 7.17. The van der Waals surface area contributed by atoms with Crippen LogP contribution in [0.4, 0.5) is 5.13 Å². The Morgan fingerprint density at radius 2 is 2.22 bits per heavy atom. The second-order valence-corrected chi connectivity index (χ2v) is 6.08. The molecular formula is C17H21N3O2S. The normalized spacial score (nSPS) is 11.7. The van der Waals surface area contributed by atoms with Crippen molar-refractivity contribution in [2.75, 3.05) is 25.5 Å². The number of amides is 1. The lowest BCUT2D eigenvalue weighted by atomic mass is 10.0. The van der Waals surface area contributed by atoms with Gasteiger partial charge in [0.1, 0.15) is 4.88 Å². The van der Waals surface area contributed by atoms with Crippen molar-refractivity contribution in [2.45, 2.75) is 12.5 Å². The van der Waals surface area contributed by atoms with Gasteiger partial charge in [-0.3, -0.25) is 4.79 Å². The van der Waals surface area contributed by atoms with Crippen LogP contribution in [0.5, 0.6) is 0 Å². The lowest BCUT2D eigenvalue weighted by Gasteiger charge is -2.27. The van der Waals surface area contributed by atoms with Gasteiger partial charge < -0.3 is 15.3 Å². The molecule has 6 heteroatoms. The van der Waals surface area contributed by atoms with Gasteiger partial charge >= 0.3 is 0 Å². The Bertz CT molecular complexity index is 642. The zero-order valence-electron chi connectivity index (χ0n) is 13.1. The fourth-order valence-electron chi connectivity index (χ4n) is 2.31. The predicted octanol–water partition coefficient (Wildman–Crippen LogP) is 2.94. The van der Waals surface area contributed by atoms with Crippen LogP contribution in [0, 0.1) is 0 Å². The number of nitrogens with zero attached hydrogens (tertiary/aromatic N) is 2. The third-order valence-electron chi connectivity index (χ3n) is 3.49. The number of thiazole rings is 1. The third-order valence-corrected chi connectivity index (χ3v) is 4.43. The summed E-state index contributed by atoms with van der Waals surface area (Å²) >= 11 is 1.32. The largest absolute Gasteiger partial charge is 0.396 e. The third kappa shape index (κ3) is 4.40. The maximum absolute atomic E-state index is 12.7.